The molecule has 0 spiro atoms. The maximum atomic E-state index is 13.2. The summed E-state index contributed by atoms with van der Waals surface area (Å²) in [6.45, 7) is 4.26. The molecule has 3 aromatic rings. The summed E-state index contributed by atoms with van der Waals surface area (Å²) in [5.41, 5.74) is 2.27. The second-order valence-corrected chi connectivity index (χ2v) is 11.2. The van der Waals surface area contributed by atoms with Crippen LogP contribution in [0.2, 0.25) is 5.02 Å². The van der Waals surface area contributed by atoms with Crippen molar-refractivity contribution in [1.82, 2.24) is 9.62 Å². The van der Waals surface area contributed by atoms with Gasteiger partial charge < -0.3 is 5.32 Å². The lowest BCUT2D eigenvalue weighted by atomic mass is 9.98. The lowest BCUT2D eigenvalue weighted by Crippen LogP contribution is -2.29. The smallest absolute Gasteiger partial charge is 0.253 e. The highest BCUT2D eigenvalue weighted by molar-refractivity contribution is 7.89. The molecule has 8 heteroatoms. The maximum absolute atomic E-state index is 13.2. The fourth-order valence-corrected chi connectivity index (χ4v) is 5.04. The molecule has 1 unspecified atom stereocenters. The van der Waals surface area contributed by atoms with Gasteiger partial charge in [0.2, 0.25) is 10.0 Å². The molecule has 164 valence electrons. The van der Waals surface area contributed by atoms with Gasteiger partial charge in [-0.25, -0.2) is 12.7 Å². The van der Waals surface area contributed by atoms with Crippen LogP contribution in [0.3, 0.4) is 0 Å². The van der Waals surface area contributed by atoms with Gasteiger partial charge in [0.15, 0.2) is 0 Å². The lowest BCUT2D eigenvalue weighted by molar-refractivity contribution is 0.0943. The van der Waals surface area contributed by atoms with Gasteiger partial charge >= 0.3 is 0 Å². The van der Waals surface area contributed by atoms with E-state index in [0.717, 1.165) is 14.7 Å². The highest BCUT2D eigenvalue weighted by Crippen LogP contribution is 2.29. The van der Waals surface area contributed by atoms with Gasteiger partial charge in [0.25, 0.3) is 5.91 Å². The van der Waals surface area contributed by atoms with Gasteiger partial charge in [-0.3, -0.25) is 4.79 Å². The minimum atomic E-state index is -3.69. The Morgan fingerprint density at radius 3 is 2.23 bits per heavy atom. The van der Waals surface area contributed by atoms with Gasteiger partial charge in [-0.1, -0.05) is 55.8 Å². The van der Waals surface area contributed by atoms with Gasteiger partial charge in [0, 0.05) is 19.0 Å². The highest BCUT2D eigenvalue weighted by atomic mass is 35.5. The Bertz CT molecular complexity index is 1160. The standard InChI is InChI=1S/C23H25ClN2O3S2/c1-15(2)16-7-9-17(10-8-16)22(21-6-5-13-30-21)25-23(27)19-14-18(11-12-20(19)24)31(28,29)26(3)4/h5-15,22H,1-4H3,(H,25,27). The molecule has 0 aliphatic heterocycles. The van der Waals surface area contributed by atoms with Crippen LogP contribution in [0.1, 0.15) is 52.2 Å². The number of nitrogens with zero attached hydrogens (tertiary/aromatic N) is 1. The largest absolute Gasteiger partial charge is 0.340 e. The summed E-state index contributed by atoms with van der Waals surface area (Å²) in [6.07, 6.45) is 0. The Morgan fingerprint density at radius 2 is 1.68 bits per heavy atom. The molecule has 1 aromatic heterocycles. The highest BCUT2D eigenvalue weighted by Gasteiger charge is 2.24. The molecule has 1 N–H and O–H groups in total. The number of carbonyl (C=O) groups excluding carboxylic acids is 1. The van der Waals surface area contributed by atoms with E-state index in [9.17, 15) is 13.2 Å². The zero-order chi connectivity index (χ0) is 22.8. The van der Waals surface area contributed by atoms with E-state index < -0.39 is 15.9 Å². The fourth-order valence-electron chi connectivity index (χ4n) is 3.11. The van der Waals surface area contributed by atoms with Crippen molar-refractivity contribution in [2.75, 3.05) is 14.1 Å². The van der Waals surface area contributed by atoms with Crippen molar-refractivity contribution in [3.63, 3.8) is 0 Å². The SMILES string of the molecule is CC(C)c1ccc(C(NC(=O)c2cc(S(=O)(=O)N(C)C)ccc2Cl)c2cccs2)cc1. The van der Waals surface area contributed by atoms with Crippen molar-refractivity contribution in [2.24, 2.45) is 0 Å². The van der Waals surface area contributed by atoms with Crippen LogP contribution in [-0.2, 0) is 10.0 Å². The number of nitrogens with one attached hydrogen (secondary N) is 1. The Labute approximate surface area is 192 Å². The van der Waals surface area contributed by atoms with Crippen LogP contribution in [0.4, 0.5) is 0 Å². The lowest BCUT2D eigenvalue weighted by Gasteiger charge is -2.20. The number of halogens is 1. The van der Waals surface area contributed by atoms with Crippen molar-refractivity contribution in [3.05, 3.63) is 86.6 Å². The van der Waals surface area contributed by atoms with E-state index in [-0.39, 0.29) is 21.5 Å². The molecule has 0 radical (unpaired) electrons. The molecule has 2 aromatic carbocycles. The van der Waals surface area contributed by atoms with Crippen LogP contribution in [0.15, 0.2) is 64.9 Å². The molecule has 0 saturated carbocycles. The van der Waals surface area contributed by atoms with Crippen LogP contribution >= 0.6 is 22.9 Å². The van der Waals surface area contributed by atoms with Crippen LogP contribution in [0.5, 0.6) is 0 Å². The average molecular weight is 477 g/mol. The van der Waals surface area contributed by atoms with E-state index in [1.54, 1.807) is 0 Å². The second kappa shape index (κ2) is 9.53. The van der Waals surface area contributed by atoms with E-state index in [1.165, 1.54) is 49.2 Å². The van der Waals surface area contributed by atoms with Gasteiger partial charge in [-0.15, -0.1) is 11.3 Å². The van der Waals surface area contributed by atoms with E-state index in [0.29, 0.717) is 5.92 Å². The molecule has 1 amide bonds. The normalized spacial score (nSPS) is 12.9. The molecule has 1 atom stereocenters. The Kier molecular flexibility index (Phi) is 7.21. The molecule has 31 heavy (non-hydrogen) atoms. The summed E-state index contributed by atoms with van der Waals surface area (Å²) in [4.78, 5) is 14.2. The third-order valence-corrected chi connectivity index (χ3v) is 8.08. The van der Waals surface area contributed by atoms with E-state index >= 15 is 0 Å². The van der Waals surface area contributed by atoms with Crippen molar-refractivity contribution >= 4 is 38.9 Å². The van der Waals surface area contributed by atoms with Gasteiger partial charge in [-0.05, 0) is 46.7 Å². The predicted octanol–water partition coefficient (Wildman–Crippen LogP) is 5.29. The van der Waals surface area contributed by atoms with Crippen LogP contribution in [0, 0.1) is 0 Å². The quantitative estimate of drug-likeness (QED) is 0.503. The first kappa shape index (κ1) is 23.5. The number of sulfonamides is 1. The van der Waals surface area contributed by atoms with Crippen molar-refractivity contribution < 1.29 is 13.2 Å². The van der Waals surface area contributed by atoms with Crippen molar-refractivity contribution in [1.29, 1.82) is 0 Å². The molecular weight excluding hydrogens is 452 g/mol. The summed E-state index contributed by atoms with van der Waals surface area (Å²) < 4.78 is 26.1. The second-order valence-electron chi connectivity index (χ2n) is 7.67. The number of hydrogen-bond acceptors (Lipinski definition) is 4. The van der Waals surface area contributed by atoms with Crippen molar-refractivity contribution in [3.8, 4) is 0 Å². The van der Waals surface area contributed by atoms with Crippen LogP contribution in [-0.4, -0.2) is 32.7 Å². The first-order valence-electron chi connectivity index (χ1n) is 9.77. The molecule has 0 saturated heterocycles. The molecule has 5 nitrogen and oxygen atoms in total. The first-order chi connectivity index (χ1) is 14.6. The van der Waals surface area contributed by atoms with E-state index in [2.05, 4.69) is 31.3 Å². The number of benzene rings is 2. The summed E-state index contributed by atoms with van der Waals surface area (Å²) in [7, 11) is -0.806. The summed E-state index contributed by atoms with van der Waals surface area (Å²) in [5, 5.41) is 5.17. The Morgan fingerprint density at radius 1 is 1.03 bits per heavy atom. The van der Waals surface area contributed by atoms with E-state index in [1.807, 2.05) is 29.6 Å². The predicted molar refractivity (Wildman–Crippen MR) is 126 cm³/mol. The summed E-state index contributed by atoms with van der Waals surface area (Å²) in [6, 6.07) is 15.8. The van der Waals surface area contributed by atoms with Gasteiger partial charge in [0.05, 0.1) is 21.5 Å². The summed E-state index contributed by atoms with van der Waals surface area (Å²) in [5.74, 6) is -0.0313. The molecule has 0 aliphatic carbocycles. The Hall–Kier alpha value is -2.19. The zero-order valence-electron chi connectivity index (χ0n) is 17.8. The first-order valence-corrected chi connectivity index (χ1v) is 12.5. The summed E-state index contributed by atoms with van der Waals surface area (Å²) >= 11 is 7.80. The van der Waals surface area contributed by atoms with Crippen LogP contribution < -0.4 is 5.32 Å². The molecule has 0 aliphatic rings. The fraction of sp³-hybridized carbons (Fsp3) is 0.261. The van der Waals surface area contributed by atoms with Crippen LogP contribution in [0.25, 0.3) is 0 Å². The third kappa shape index (κ3) is 5.18. The molecule has 3 rings (SSSR count). The number of rotatable bonds is 7. The number of amides is 1. The monoisotopic (exact) mass is 476 g/mol. The molecule has 1 heterocycles. The topological polar surface area (TPSA) is 66.5 Å². The minimum absolute atomic E-state index is 0.0148. The minimum Gasteiger partial charge on any atom is -0.340 e. The maximum Gasteiger partial charge on any atom is 0.253 e. The molecule has 0 bridgehead atoms. The molecule has 0 fully saturated rings. The molecular formula is C23H25ClN2O3S2. The number of carbonyl (C=O) groups is 1. The van der Waals surface area contributed by atoms with E-state index in [4.69, 9.17) is 11.6 Å². The Balaban J connectivity index is 1.96. The number of thiophene rings is 1. The number of hydrogen-bond donors (Lipinski definition) is 1. The van der Waals surface area contributed by atoms with Gasteiger partial charge in [-0.2, -0.15) is 0 Å². The third-order valence-electron chi connectivity index (χ3n) is 5.00. The average Bonchev–Trinajstić information content (AvgIpc) is 3.26. The van der Waals surface area contributed by atoms with Gasteiger partial charge in [0.1, 0.15) is 0 Å². The zero-order valence-corrected chi connectivity index (χ0v) is 20.2. The van der Waals surface area contributed by atoms with Crippen molar-refractivity contribution in [2.45, 2.75) is 30.7 Å².